The average molecular weight is 427 g/mol. The molecule has 7 nitrogen and oxygen atoms in total. The van der Waals surface area contributed by atoms with Crippen LogP contribution in [0.1, 0.15) is 35.3 Å². The number of likely N-dealkylation sites (N-methyl/N-ethyl adjacent to an activating group) is 1. The molecule has 0 N–H and O–H groups in total. The molecule has 0 radical (unpaired) electrons. The lowest BCUT2D eigenvalue weighted by Gasteiger charge is -2.24. The highest BCUT2D eigenvalue weighted by Crippen LogP contribution is 2.33. The number of nitro benzene ring substituents is 1. The molecule has 0 saturated carbocycles. The number of amides is 1. The zero-order chi connectivity index (χ0) is 21.8. The second kappa shape index (κ2) is 9.32. The molecular formula is C22H26N4O3S. The highest BCUT2D eigenvalue weighted by Gasteiger charge is 2.27. The zero-order valence-corrected chi connectivity index (χ0v) is 18.5. The minimum absolute atomic E-state index is 0.0780. The maximum Gasteiger partial charge on any atom is 0.282 e. The fourth-order valence-electron chi connectivity index (χ4n) is 3.50. The van der Waals surface area contributed by atoms with E-state index in [2.05, 4.69) is 30.9 Å². The van der Waals surface area contributed by atoms with Gasteiger partial charge in [0, 0.05) is 19.2 Å². The molecule has 3 aromatic rings. The molecule has 2 aromatic carbocycles. The molecular weight excluding hydrogens is 400 g/mol. The number of para-hydroxylation sites is 1. The highest BCUT2D eigenvalue weighted by molar-refractivity contribution is 7.22. The topological polar surface area (TPSA) is 79.6 Å². The number of carbonyl (C=O) groups is 1. The minimum atomic E-state index is -0.512. The van der Waals surface area contributed by atoms with Crippen LogP contribution in [-0.4, -0.2) is 46.9 Å². The normalized spacial score (nSPS) is 11.2. The molecule has 1 amide bonds. The van der Waals surface area contributed by atoms with Crippen molar-refractivity contribution in [2.75, 3.05) is 31.1 Å². The molecule has 0 bridgehead atoms. The Balaban J connectivity index is 2.06. The van der Waals surface area contributed by atoms with Crippen LogP contribution in [0, 0.1) is 24.0 Å². The van der Waals surface area contributed by atoms with Gasteiger partial charge in [-0.2, -0.15) is 0 Å². The lowest BCUT2D eigenvalue weighted by molar-refractivity contribution is -0.385. The molecule has 0 aliphatic carbocycles. The first kappa shape index (κ1) is 21.9. The molecule has 0 saturated heterocycles. The summed E-state index contributed by atoms with van der Waals surface area (Å²) in [6.07, 6.45) is 0. The predicted molar refractivity (Wildman–Crippen MR) is 122 cm³/mol. The smallest absolute Gasteiger partial charge is 0.282 e. The summed E-state index contributed by atoms with van der Waals surface area (Å²) in [4.78, 5) is 33.0. The van der Waals surface area contributed by atoms with Crippen LogP contribution in [-0.2, 0) is 0 Å². The fourth-order valence-corrected chi connectivity index (χ4v) is 4.66. The molecule has 1 heterocycles. The van der Waals surface area contributed by atoms with Gasteiger partial charge in [-0.25, -0.2) is 4.98 Å². The van der Waals surface area contributed by atoms with Gasteiger partial charge in [0.2, 0.25) is 0 Å². The van der Waals surface area contributed by atoms with Crippen LogP contribution < -0.4 is 4.90 Å². The van der Waals surface area contributed by atoms with Gasteiger partial charge < -0.3 is 4.90 Å². The van der Waals surface area contributed by atoms with E-state index in [0.717, 1.165) is 34.4 Å². The summed E-state index contributed by atoms with van der Waals surface area (Å²) in [7, 11) is 0. The third kappa shape index (κ3) is 4.49. The summed E-state index contributed by atoms with van der Waals surface area (Å²) in [5.74, 6) is -0.400. The average Bonchev–Trinajstić information content (AvgIpc) is 3.15. The molecule has 8 heteroatoms. The van der Waals surface area contributed by atoms with E-state index in [1.54, 1.807) is 17.0 Å². The standard InChI is InChI=1S/C22H26N4O3S/c1-5-24(6-2)11-12-25(21(27)17-9-7-8-10-18(17)26(28)29)22-23-20-16(4)13-15(3)14-19(20)30-22/h7-10,13-14H,5-6,11-12H2,1-4H3. The van der Waals surface area contributed by atoms with Crippen LogP contribution in [0.3, 0.4) is 0 Å². The van der Waals surface area contributed by atoms with Crippen molar-refractivity contribution >= 4 is 38.3 Å². The van der Waals surface area contributed by atoms with E-state index in [1.807, 2.05) is 13.8 Å². The lowest BCUT2D eigenvalue weighted by atomic mass is 10.1. The second-order valence-electron chi connectivity index (χ2n) is 7.18. The number of hydrogen-bond donors (Lipinski definition) is 0. The van der Waals surface area contributed by atoms with Crippen molar-refractivity contribution in [2.24, 2.45) is 0 Å². The van der Waals surface area contributed by atoms with Crippen molar-refractivity contribution in [3.63, 3.8) is 0 Å². The van der Waals surface area contributed by atoms with Gasteiger partial charge in [-0.15, -0.1) is 0 Å². The number of fused-ring (bicyclic) bond motifs is 1. The minimum Gasteiger partial charge on any atom is -0.302 e. The Kier molecular flexibility index (Phi) is 6.79. The van der Waals surface area contributed by atoms with Crippen LogP contribution >= 0.6 is 11.3 Å². The quantitative estimate of drug-likeness (QED) is 0.381. The van der Waals surface area contributed by atoms with Crippen molar-refractivity contribution in [3.05, 3.63) is 63.2 Å². The summed E-state index contributed by atoms with van der Waals surface area (Å²) in [5, 5.41) is 12.0. The lowest BCUT2D eigenvalue weighted by Crippen LogP contribution is -2.39. The summed E-state index contributed by atoms with van der Waals surface area (Å²) in [6.45, 7) is 11.0. The van der Waals surface area contributed by atoms with Crippen LogP contribution in [0.15, 0.2) is 36.4 Å². The zero-order valence-electron chi connectivity index (χ0n) is 17.7. The van der Waals surface area contributed by atoms with E-state index < -0.39 is 10.8 Å². The maximum atomic E-state index is 13.5. The molecule has 0 unspecified atom stereocenters. The van der Waals surface area contributed by atoms with Gasteiger partial charge in [0.15, 0.2) is 5.13 Å². The Bertz CT molecular complexity index is 1080. The maximum absolute atomic E-state index is 13.5. The van der Waals surface area contributed by atoms with Crippen molar-refractivity contribution in [2.45, 2.75) is 27.7 Å². The predicted octanol–water partition coefficient (Wildman–Crippen LogP) is 4.81. The van der Waals surface area contributed by atoms with Crippen LogP contribution in [0.25, 0.3) is 10.2 Å². The summed E-state index contributed by atoms with van der Waals surface area (Å²) < 4.78 is 1.01. The number of benzene rings is 2. The van der Waals surface area contributed by atoms with Gasteiger partial charge >= 0.3 is 0 Å². The molecule has 158 valence electrons. The largest absolute Gasteiger partial charge is 0.302 e. The second-order valence-corrected chi connectivity index (χ2v) is 8.19. The Morgan fingerprint density at radius 3 is 2.50 bits per heavy atom. The van der Waals surface area contributed by atoms with Gasteiger partial charge in [0.05, 0.1) is 15.1 Å². The number of rotatable bonds is 8. The van der Waals surface area contributed by atoms with Gasteiger partial charge in [-0.1, -0.05) is 43.4 Å². The van der Waals surface area contributed by atoms with E-state index in [9.17, 15) is 14.9 Å². The summed E-state index contributed by atoms with van der Waals surface area (Å²) >= 11 is 1.44. The van der Waals surface area contributed by atoms with Crippen molar-refractivity contribution < 1.29 is 9.72 Å². The number of aryl methyl sites for hydroxylation is 2. The Morgan fingerprint density at radius 1 is 1.13 bits per heavy atom. The summed E-state index contributed by atoms with van der Waals surface area (Å²) in [6, 6.07) is 10.2. The molecule has 3 rings (SSSR count). The van der Waals surface area contributed by atoms with E-state index in [-0.39, 0.29) is 11.3 Å². The number of hydrogen-bond acceptors (Lipinski definition) is 6. The van der Waals surface area contributed by atoms with Gasteiger partial charge in [-0.05, 0) is 50.2 Å². The van der Waals surface area contributed by atoms with E-state index in [0.29, 0.717) is 18.2 Å². The number of nitrogens with zero attached hydrogens (tertiary/aromatic N) is 4. The van der Waals surface area contributed by atoms with E-state index >= 15 is 0 Å². The number of carbonyl (C=O) groups excluding carboxylic acids is 1. The number of nitro groups is 1. The van der Waals surface area contributed by atoms with E-state index in [1.165, 1.54) is 23.5 Å². The van der Waals surface area contributed by atoms with Crippen molar-refractivity contribution in [3.8, 4) is 0 Å². The van der Waals surface area contributed by atoms with Gasteiger partial charge in [-0.3, -0.25) is 19.8 Å². The molecule has 0 fully saturated rings. The first-order valence-electron chi connectivity index (χ1n) is 10.0. The third-order valence-corrected chi connectivity index (χ3v) is 6.19. The van der Waals surface area contributed by atoms with Gasteiger partial charge in [0.25, 0.3) is 11.6 Å². The van der Waals surface area contributed by atoms with Crippen LogP contribution in [0.2, 0.25) is 0 Å². The Hall–Kier alpha value is -2.84. The molecule has 0 aliphatic heterocycles. The first-order chi connectivity index (χ1) is 14.3. The Labute approximate surface area is 180 Å². The molecule has 1 aromatic heterocycles. The molecule has 30 heavy (non-hydrogen) atoms. The number of anilines is 1. The van der Waals surface area contributed by atoms with Crippen LogP contribution in [0.5, 0.6) is 0 Å². The fraction of sp³-hybridized carbons (Fsp3) is 0.364. The monoisotopic (exact) mass is 426 g/mol. The molecule has 0 aliphatic rings. The number of thiazole rings is 1. The van der Waals surface area contributed by atoms with Crippen molar-refractivity contribution in [1.82, 2.24) is 9.88 Å². The number of aromatic nitrogens is 1. The summed E-state index contributed by atoms with van der Waals surface area (Å²) in [5.41, 5.74) is 2.94. The van der Waals surface area contributed by atoms with E-state index in [4.69, 9.17) is 4.98 Å². The first-order valence-corrected chi connectivity index (χ1v) is 10.8. The molecule has 0 atom stereocenters. The Morgan fingerprint density at radius 2 is 1.83 bits per heavy atom. The third-order valence-electron chi connectivity index (χ3n) is 5.16. The van der Waals surface area contributed by atoms with Crippen LogP contribution in [0.4, 0.5) is 10.8 Å². The highest BCUT2D eigenvalue weighted by atomic mass is 32.1. The van der Waals surface area contributed by atoms with Gasteiger partial charge in [0.1, 0.15) is 5.56 Å². The SMILES string of the molecule is CCN(CC)CCN(C(=O)c1ccccc1[N+](=O)[O-])c1nc2c(C)cc(C)cc2s1. The van der Waals surface area contributed by atoms with Crippen molar-refractivity contribution in [1.29, 1.82) is 0 Å². The molecule has 0 spiro atoms.